The highest BCUT2D eigenvalue weighted by molar-refractivity contribution is 6.29. The van der Waals surface area contributed by atoms with Gasteiger partial charge in [-0.05, 0) is 31.1 Å². The number of esters is 1. The van der Waals surface area contributed by atoms with Crippen LogP contribution < -0.4 is 9.64 Å². The van der Waals surface area contributed by atoms with E-state index in [1.165, 1.54) is 7.11 Å². The third kappa shape index (κ3) is 3.85. The van der Waals surface area contributed by atoms with Gasteiger partial charge in [0.1, 0.15) is 11.6 Å². The molecule has 2 aliphatic rings. The van der Waals surface area contributed by atoms with Crippen LogP contribution >= 0.6 is 11.6 Å². The first-order valence-electron chi connectivity index (χ1n) is 7.68. The highest BCUT2D eigenvalue weighted by atomic mass is 35.5. The SMILES string of the molecule is COC(=O)C1CCN(c2cccc(OC3=CC=C(Cl)CC3)n2)C1. The molecular weight excluding hydrogens is 316 g/mol. The van der Waals surface area contributed by atoms with Crippen molar-refractivity contribution >= 4 is 23.4 Å². The predicted molar refractivity (Wildman–Crippen MR) is 88.5 cm³/mol. The number of anilines is 1. The normalized spacial score (nSPS) is 20.8. The topological polar surface area (TPSA) is 51.7 Å². The zero-order valence-corrected chi connectivity index (χ0v) is 13.8. The number of aromatic nitrogens is 1. The Balaban J connectivity index is 1.67. The Hall–Kier alpha value is -2.01. The molecule has 0 amide bonds. The molecule has 1 aromatic heterocycles. The van der Waals surface area contributed by atoms with Gasteiger partial charge in [-0.25, -0.2) is 0 Å². The lowest BCUT2D eigenvalue weighted by atomic mass is 10.1. The zero-order valence-electron chi connectivity index (χ0n) is 13.0. The Morgan fingerprint density at radius 3 is 2.96 bits per heavy atom. The Morgan fingerprint density at radius 1 is 1.35 bits per heavy atom. The van der Waals surface area contributed by atoms with Crippen LogP contribution in [0, 0.1) is 5.92 Å². The van der Waals surface area contributed by atoms with E-state index in [4.69, 9.17) is 21.1 Å². The molecule has 0 N–H and O–H groups in total. The van der Waals surface area contributed by atoms with Crippen molar-refractivity contribution < 1.29 is 14.3 Å². The molecule has 5 nitrogen and oxygen atoms in total. The van der Waals surface area contributed by atoms with Crippen molar-refractivity contribution in [1.29, 1.82) is 0 Å². The van der Waals surface area contributed by atoms with Crippen molar-refractivity contribution in [3.8, 4) is 5.88 Å². The summed E-state index contributed by atoms with van der Waals surface area (Å²) in [5, 5.41) is 0.838. The van der Waals surface area contributed by atoms with E-state index in [2.05, 4.69) is 9.88 Å². The molecule has 1 unspecified atom stereocenters. The molecule has 0 radical (unpaired) electrons. The van der Waals surface area contributed by atoms with E-state index in [1.807, 2.05) is 30.4 Å². The van der Waals surface area contributed by atoms with Crippen molar-refractivity contribution in [2.45, 2.75) is 19.3 Å². The summed E-state index contributed by atoms with van der Waals surface area (Å²) in [6.45, 7) is 1.42. The van der Waals surface area contributed by atoms with Crippen LogP contribution in [0.4, 0.5) is 5.82 Å². The van der Waals surface area contributed by atoms with Crippen LogP contribution in [0.25, 0.3) is 0 Å². The Labute approximate surface area is 140 Å². The molecule has 6 heteroatoms. The molecule has 0 saturated carbocycles. The fourth-order valence-corrected chi connectivity index (χ4v) is 2.93. The van der Waals surface area contributed by atoms with E-state index < -0.39 is 0 Å². The predicted octanol–water partition coefficient (Wildman–Crippen LogP) is 3.26. The second-order valence-electron chi connectivity index (χ2n) is 5.64. The minimum Gasteiger partial charge on any atom is -0.469 e. The number of carbonyl (C=O) groups is 1. The van der Waals surface area contributed by atoms with E-state index in [-0.39, 0.29) is 11.9 Å². The van der Waals surface area contributed by atoms with Crippen LogP contribution in [-0.4, -0.2) is 31.2 Å². The Morgan fingerprint density at radius 2 is 2.22 bits per heavy atom. The monoisotopic (exact) mass is 334 g/mol. The number of hydrogen-bond donors (Lipinski definition) is 0. The molecule has 2 heterocycles. The molecule has 0 aromatic carbocycles. The fourth-order valence-electron chi connectivity index (χ4n) is 2.78. The van der Waals surface area contributed by atoms with Crippen LogP contribution in [0.3, 0.4) is 0 Å². The lowest BCUT2D eigenvalue weighted by Crippen LogP contribution is -2.24. The van der Waals surface area contributed by atoms with Gasteiger partial charge >= 0.3 is 5.97 Å². The number of nitrogens with zero attached hydrogens (tertiary/aromatic N) is 2. The summed E-state index contributed by atoms with van der Waals surface area (Å²) >= 11 is 5.95. The molecule has 1 atom stereocenters. The van der Waals surface area contributed by atoms with E-state index in [0.29, 0.717) is 12.4 Å². The maximum Gasteiger partial charge on any atom is 0.310 e. The summed E-state index contributed by atoms with van der Waals surface area (Å²) in [7, 11) is 1.43. The van der Waals surface area contributed by atoms with Crippen molar-refractivity contribution in [3.05, 3.63) is 41.1 Å². The molecule has 1 fully saturated rings. The second kappa shape index (κ2) is 7.04. The van der Waals surface area contributed by atoms with Gasteiger partial charge in [-0.2, -0.15) is 4.98 Å². The maximum atomic E-state index is 11.6. The number of allylic oxidation sites excluding steroid dienone is 4. The maximum absolute atomic E-state index is 11.6. The van der Waals surface area contributed by atoms with E-state index in [9.17, 15) is 4.79 Å². The van der Waals surface area contributed by atoms with Gasteiger partial charge in [0, 0.05) is 30.6 Å². The standard InChI is InChI=1S/C17H19ClN2O3/c1-22-17(21)12-9-10-20(11-12)15-3-2-4-16(19-15)23-14-7-5-13(18)6-8-14/h2-5,7,12H,6,8-11H2,1H3. The molecule has 1 aliphatic carbocycles. The van der Waals surface area contributed by atoms with Crippen molar-refractivity contribution in [2.24, 2.45) is 5.92 Å². The summed E-state index contributed by atoms with van der Waals surface area (Å²) in [6, 6.07) is 5.67. The van der Waals surface area contributed by atoms with Crippen LogP contribution in [0.1, 0.15) is 19.3 Å². The summed E-state index contributed by atoms with van der Waals surface area (Å²) < 4.78 is 10.6. The van der Waals surface area contributed by atoms with E-state index in [0.717, 1.165) is 42.4 Å². The van der Waals surface area contributed by atoms with Gasteiger partial charge in [-0.15, -0.1) is 0 Å². The van der Waals surface area contributed by atoms with Crippen LogP contribution in [0.5, 0.6) is 5.88 Å². The first-order valence-corrected chi connectivity index (χ1v) is 8.06. The van der Waals surface area contributed by atoms with Crippen LogP contribution in [0.15, 0.2) is 41.1 Å². The third-order valence-electron chi connectivity index (χ3n) is 4.05. The van der Waals surface area contributed by atoms with Crippen molar-refractivity contribution in [1.82, 2.24) is 4.98 Å². The molecule has 0 spiro atoms. The molecule has 3 rings (SSSR count). The number of rotatable bonds is 4. The number of hydrogen-bond acceptors (Lipinski definition) is 5. The quantitative estimate of drug-likeness (QED) is 0.791. The van der Waals surface area contributed by atoms with Gasteiger partial charge < -0.3 is 14.4 Å². The molecular formula is C17H19ClN2O3. The number of ether oxygens (including phenoxy) is 2. The second-order valence-corrected chi connectivity index (χ2v) is 6.12. The molecule has 1 saturated heterocycles. The Bertz CT molecular complexity index is 657. The van der Waals surface area contributed by atoms with Crippen LogP contribution in [0.2, 0.25) is 0 Å². The van der Waals surface area contributed by atoms with Gasteiger partial charge in [0.2, 0.25) is 5.88 Å². The van der Waals surface area contributed by atoms with Crippen molar-refractivity contribution in [3.63, 3.8) is 0 Å². The molecule has 0 bridgehead atoms. The van der Waals surface area contributed by atoms with Gasteiger partial charge in [-0.1, -0.05) is 17.7 Å². The average Bonchev–Trinajstić information content (AvgIpc) is 3.07. The highest BCUT2D eigenvalue weighted by Crippen LogP contribution is 2.27. The molecule has 122 valence electrons. The summed E-state index contributed by atoms with van der Waals surface area (Å²) in [5.74, 6) is 1.99. The highest BCUT2D eigenvalue weighted by Gasteiger charge is 2.29. The van der Waals surface area contributed by atoms with E-state index in [1.54, 1.807) is 0 Å². The lowest BCUT2D eigenvalue weighted by Gasteiger charge is -2.18. The minimum atomic E-state index is -0.157. The van der Waals surface area contributed by atoms with E-state index >= 15 is 0 Å². The third-order valence-corrected chi connectivity index (χ3v) is 4.37. The molecule has 23 heavy (non-hydrogen) atoms. The largest absolute Gasteiger partial charge is 0.469 e. The van der Waals surface area contributed by atoms with Crippen LogP contribution in [-0.2, 0) is 9.53 Å². The van der Waals surface area contributed by atoms with Gasteiger partial charge in [0.15, 0.2) is 0 Å². The Kier molecular flexibility index (Phi) is 4.86. The number of carbonyl (C=O) groups excluding carboxylic acids is 1. The van der Waals surface area contributed by atoms with Gasteiger partial charge in [0.05, 0.1) is 13.0 Å². The molecule has 1 aromatic rings. The zero-order chi connectivity index (χ0) is 16.2. The minimum absolute atomic E-state index is 0.0836. The molecule has 1 aliphatic heterocycles. The van der Waals surface area contributed by atoms with Gasteiger partial charge in [-0.3, -0.25) is 4.79 Å². The first-order chi connectivity index (χ1) is 11.2. The summed E-state index contributed by atoms with van der Waals surface area (Å²) in [5.41, 5.74) is 0. The number of pyridine rings is 1. The number of halogens is 1. The lowest BCUT2D eigenvalue weighted by molar-refractivity contribution is -0.144. The number of methoxy groups -OCH3 is 1. The first kappa shape index (κ1) is 15.9. The van der Waals surface area contributed by atoms with Gasteiger partial charge in [0.25, 0.3) is 0 Å². The summed E-state index contributed by atoms with van der Waals surface area (Å²) in [4.78, 5) is 18.3. The smallest absolute Gasteiger partial charge is 0.310 e. The average molecular weight is 335 g/mol. The van der Waals surface area contributed by atoms with Crippen molar-refractivity contribution in [2.75, 3.05) is 25.1 Å². The fraction of sp³-hybridized carbons (Fsp3) is 0.412. The summed E-state index contributed by atoms with van der Waals surface area (Å²) in [6.07, 6.45) is 6.08.